The van der Waals surface area contributed by atoms with Crippen LogP contribution in [0.2, 0.25) is 0 Å². The van der Waals surface area contributed by atoms with E-state index in [1.165, 1.54) is 33.4 Å². The highest BCUT2D eigenvalue weighted by Gasteiger charge is 2.80. The molecule has 0 saturated carbocycles. The first-order chi connectivity index (χ1) is 19.7. The van der Waals surface area contributed by atoms with Crippen LogP contribution in [0.5, 0.6) is 0 Å². The first kappa shape index (κ1) is 22.8. The van der Waals surface area contributed by atoms with E-state index in [1.807, 2.05) is 12.1 Å². The average Bonchev–Trinajstić information content (AvgIpc) is 3.69. The van der Waals surface area contributed by atoms with Crippen molar-refractivity contribution in [2.75, 3.05) is 0 Å². The minimum atomic E-state index is -0.449. The summed E-state index contributed by atoms with van der Waals surface area (Å²) in [6, 6.07) is 30.2. The molecule has 6 aliphatic rings. The number of carbonyl (C=O) groups is 2. The van der Waals surface area contributed by atoms with Gasteiger partial charge in [-0.05, 0) is 44.5 Å². The molecule has 4 aromatic carbocycles. The Morgan fingerprint density at radius 3 is 1.24 bits per heavy atom. The van der Waals surface area contributed by atoms with Gasteiger partial charge in [0.1, 0.15) is 0 Å². The second-order valence-electron chi connectivity index (χ2n) is 13.9. The van der Waals surface area contributed by atoms with E-state index in [0.717, 1.165) is 11.1 Å². The van der Waals surface area contributed by atoms with Crippen molar-refractivity contribution < 1.29 is 14.3 Å². The van der Waals surface area contributed by atoms with Crippen LogP contribution < -0.4 is 0 Å². The molecule has 4 aliphatic carbocycles. The normalized spacial score (nSPS) is 39.1. The molecule has 0 N–H and O–H groups in total. The van der Waals surface area contributed by atoms with Crippen LogP contribution in [0.15, 0.2) is 84.9 Å². The lowest BCUT2D eigenvalue weighted by molar-refractivity contribution is 0.0508. The number of benzene rings is 4. The van der Waals surface area contributed by atoms with Gasteiger partial charge in [-0.25, -0.2) is 0 Å². The maximum absolute atomic E-state index is 13.8. The number of Topliss-reactive ketones (excluding diaryl/α,β-unsaturated/α-hetero) is 2. The molecule has 2 unspecified atom stereocenters. The fourth-order valence-corrected chi connectivity index (χ4v) is 11.3. The Morgan fingerprint density at radius 2 is 0.854 bits per heavy atom. The van der Waals surface area contributed by atoms with Gasteiger partial charge in [0.05, 0.1) is 24.0 Å². The molecule has 3 heteroatoms. The monoisotopic (exact) mass is 534 g/mol. The zero-order valence-electron chi connectivity index (χ0n) is 23.6. The standard InChI is InChI=1S/C38H30O3/c1-35-23-13-7-9-15-25(23)36(2)27-17-21-22(18-28(27)37(3,38(35,36)4)26-16-10-8-14-24(26)35)34-30-29(33(21)41-34)31(39)19-11-5-6-12-20(19)32(30)40/h5-18,29-30,33-34H,1-4H3/t29-,30+,33-,34+,35?,36-,37+,38?. The Labute approximate surface area is 239 Å². The van der Waals surface area contributed by atoms with Crippen molar-refractivity contribution in [2.45, 2.75) is 56.1 Å². The molecule has 8 atom stereocenters. The highest BCUT2D eigenvalue weighted by atomic mass is 16.5. The fourth-order valence-electron chi connectivity index (χ4n) is 11.3. The molecule has 0 radical (unpaired) electrons. The molecule has 0 spiro atoms. The number of hydrogen-bond donors (Lipinski definition) is 0. The molecule has 41 heavy (non-hydrogen) atoms. The minimum Gasteiger partial charge on any atom is -0.364 e. The van der Waals surface area contributed by atoms with E-state index in [-0.39, 0.29) is 45.4 Å². The van der Waals surface area contributed by atoms with Gasteiger partial charge in [0.15, 0.2) is 11.6 Å². The van der Waals surface area contributed by atoms with Crippen molar-refractivity contribution in [3.8, 4) is 0 Å². The maximum atomic E-state index is 13.8. The van der Waals surface area contributed by atoms with E-state index in [9.17, 15) is 9.59 Å². The third-order valence-corrected chi connectivity index (χ3v) is 13.3. The summed E-state index contributed by atoms with van der Waals surface area (Å²) in [5, 5.41) is 0. The molecular formula is C38H30O3. The third-order valence-electron chi connectivity index (χ3n) is 13.3. The first-order valence-corrected chi connectivity index (χ1v) is 14.9. The molecule has 10 rings (SSSR count). The van der Waals surface area contributed by atoms with Crippen molar-refractivity contribution in [1.29, 1.82) is 0 Å². The number of hydrogen-bond acceptors (Lipinski definition) is 3. The summed E-state index contributed by atoms with van der Waals surface area (Å²) in [6.07, 6.45) is -0.759. The van der Waals surface area contributed by atoms with Gasteiger partial charge in [0.2, 0.25) is 0 Å². The highest BCUT2D eigenvalue weighted by Crippen LogP contribution is 2.82. The lowest BCUT2D eigenvalue weighted by Crippen LogP contribution is -2.51. The van der Waals surface area contributed by atoms with Crippen LogP contribution in [0, 0.1) is 17.3 Å². The summed E-state index contributed by atoms with van der Waals surface area (Å²) in [4.78, 5) is 27.7. The summed E-state index contributed by atoms with van der Waals surface area (Å²) in [5.41, 5.74) is 10.9. The zero-order chi connectivity index (χ0) is 27.8. The topological polar surface area (TPSA) is 43.4 Å². The maximum Gasteiger partial charge on any atom is 0.170 e. The highest BCUT2D eigenvalue weighted by molar-refractivity contribution is 6.17. The second-order valence-corrected chi connectivity index (χ2v) is 13.9. The third kappa shape index (κ3) is 1.93. The number of rotatable bonds is 0. The summed E-state index contributed by atoms with van der Waals surface area (Å²) in [6.45, 7) is 9.91. The number of ketones is 2. The lowest BCUT2D eigenvalue weighted by Gasteiger charge is -2.49. The van der Waals surface area contributed by atoms with Crippen LogP contribution in [0.4, 0.5) is 0 Å². The van der Waals surface area contributed by atoms with Gasteiger partial charge in [0, 0.05) is 32.8 Å². The quantitative estimate of drug-likeness (QED) is 0.236. The number of ether oxygens (including phenoxy) is 1. The number of fused-ring (bicyclic) bond motifs is 18. The van der Waals surface area contributed by atoms with Crippen LogP contribution in [-0.2, 0) is 21.0 Å². The second kappa shape index (κ2) is 6.47. The van der Waals surface area contributed by atoms with Crippen LogP contribution in [-0.4, -0.2) is 11.6 Å². The van der Waals surface area contributed by atoms with E-state index in [1.54, 1.807) is 12.1 Å². The summed E-state index contributed by atoms with van der Waals surface area (Å²) < 4.78 is 6.64. The van der Waals surface area contributed by atoms with Crippen molar-refractivity contribution >= 4 is 11.6 Å². The van der Waals surface area contributed by atoms with Gasteiger partial charge < -0.3 is 4.74 Å². The zero-order valence-corrected chi connectivity index (χ0v) is 23.6. The molecule has 2 bridgehead atoms. The van der Waals surface area contributed by atoms with E-state index in [0.29, 0.717) is 11.1 Å². The summed E-state index contributed by atoms with van der Waals surface area (Å²) in [5.74, 6) is -0.790. The van der Waals surface area contributed by atoms with Crippen molar-refractivity contribution in [2.24, 2.45) is 17.3 Å². The Kier molecular flexibility index (Phi) is 3.60. The van der Waals surface area contributed by atoms with E-state index in [2.05, 4.69) is 88.4 Å². The van der Waals surface area contributed by atoms with Crippen molar-refractivity contribution in [1.82, 2.24) is 0 Å². The predicted octanol–water partition coefficient (Wildman–Crippen LogP) is 7.39. The molecular weight excluding hydrogens is 504 g/mol. The smallest absolute Gasteiger partial charge is 0.170 e. The van der Waals surface area contributed by atoms with Crippen molar-refractivity contribution in [3.05, 3.63) is 141 Å². The lowest BCUT2D eigenvalue weighted by atomic mass is 9.52. The van der Waals surface area contributed by atoms with Crippen molar-refractivity contribution in [3.63, 3.8) is 0 Å². The van der Waals surface area contributed by atoms with Gasteiger partial charge >= 0.3 is 0 Å². The molecule has 1 saturated heterocycles. The Hall–Kier alpha value is -3.82. The van der Waals surface area contributed by atoms with E-state index in [4.69, 9.17) is 4.74 Å². The van der Waals surface area contributed by atoms with Crippen LogP contribution in [0.3, 0.4) is 0 Å². The molecule has 2 aliphatic heterocycles. The average molecular weight is 535 g/mol. The van der Waals surface area contributed by atoms with E-state index < -0.39 is 11.8 Å². The number of carbonyl (C=O) groups excluding carboxylic acids is 2. The van der Waals surface area contributed by atoms with Gasteiger partial charge in [-0.1, -0.05) is 113 Å². The Morgan fingerprint density at radius 1 is 0.512 bits per heavy atom. The Balaban J connectivity index is 1.27. The minimum absolute atomic E-state index is 0.0542. The van der Waals surface area contributed by atoms with Crippen LogP contribution >= 0.6 is 0 Å². The van der Waals surface area contributed by atoms with E-state index >= 15 is 0 Å². The molecule has 0 aromatic heterocycles. The first-order valence-electron chi connectivity index (χ1n) is 14.9. The summed E-state index contributed by atoms with van der Waals surface area (Å²) >= 11 is 0. The SMILES string of the molecule is CC12c3ccccc3[C@@]3(C)c4cc5c(cc4[C@@](C)(c4ccccc41)C23C)[C@H]1O[C@@H]5[C@@H]2C(=O)c3ccccc3C(=O)[C@@H]21. The molecule has 0 amide bonds. The van der Waals surface area contributed by atoms with Gasteiger partial charge in [-0.15, -0.1) is 0 Å². The largest absolute Gasteiger partial charge is 0.364 e. The fraction of sp³-hybridized carbons (Fsp3) is 0.316. The van der Waals surface area contributed by atoms with Crippen LogP contribution in [0.1, 0.15) is 105 Å². The van der Waals surface area contributed by atoms with Crippen LogP contribution in [0.25, 0.3) is 0 Å². The van der Waals surface area contributed by atoms with Gasteiger partial charge in [-0.2, -0.15) is 0 Å². The summed E-state index contributed by atoms with van der Waals surface area (Å²) in [7, 11) is 0. The molecule has 200 valence electrons. The Bertz CT molecular complexity index is 1830. The molecule has 4 aromatic rings. The predicted molar refractivity (Wildman–Crippen MR) is 155 cm³/mol. The van der Waals surface area contributed by atoms with Gasteiger partial charge in [0.25, 0.3) is 0 Å². The molecule has 3 nitrogen and oxygen atoms in total. The molecule has 2 heterocycles. The van der Waals surface area contributed by atoms with Gasteiger partial charge in [-0.3, -0.25) is 9.59 Å². The molecule has 1 fully saturated rings.